The molecular formula is C18H18N2O3S. The Kier molecular flexibility index (Phi) is 4.96. The maximum absolute atomic E-state index is 10.8. The largest absolute Gasteiger partial charge is 0.490 e. The number of ether oxygens (including phenoxy) is 1. The maximum atomic E-state index is 10.8. The van der Waals surface area contributed by atoms with E-state index in [0.29, 0.717) is 13.2 Å². The molecular weight excluding hydrogens is 324 g/mol. The molecule has 2 N–H and O–H groups in total. The van der Waals surface area contributed by atoms with E-state index in [0.717, 1.165) is 21.5 Å². The van der Waals surface area contributed by atoms with Crippen molar-refractivity contribution in [3.63, 3.8) is 0 Å². The molecule has 0 saturated heterocycles. The van der Waals surface area contributed by atoms with Gasteiger partial charge in [0, 0.05) is 28.4 Å². The number of rotatable bonds is 6. The number of amides is 1. The van der Waals surface area contributed by atoms with Crippen molar-refractivity contribution >= 4 is 28.8 Å². The summed E-state index contributed by atoms with van der Waals surface area (Å²) in [6.07, 6.45) is 1.01. The van der Waals surface area contributed by atoms with Crippen molar-refractivity contribution in [3.05, 3.63) is 54.7 Å². The number of likely N-dealkylation sites (N-methyl/N-ethyl adjacent to an activating group) is 1. The predicted molar refractivity (Wildman–Crippen MR) is 95.0 cm³/mol. The second kappa shape index (κ2) is 7.31. The third-order valence-corrected chi connectivity index (χ3v) is 4.69. The van der Waals surface area contributed by atoms with E-state index in [4.69, 9.17) is 9.84 Å². The van der Waals surface area contributed by atoms with E-state index in [1.807, 2.05) is 42.6 Å². The summed E-state index contributed by atoms with van der Waals surface area (Å²) >= 11 is 1.69. The number of H-pyrrole nitrogens is 1. The second-order valence-corrected chi connectivity index (χ2v) is 6.41. The molecule has 124 valence electrons. The number of benzene rings is 2. The van der Waals surface area contributed by atoms with E-state index in [-0.39, 0.29) is 0 Å². The molecule has 0 atom stereocenters. The van der Waals surface area contributed by atoms with E-state index >= 15 is 0 Å². The normalized spacial score (nSPS) is 10.7. The lowest BCUT2D eigenvalue weighted by molar-refractivity contribution is 0.147. The molecule has 1 heterocycles. The average Bonchev–Trinajstić information content (AvgIpc) is 2.99. The summed E-state index contributed by atoms with van der Waals surface area (Å²) in [7, 11) is 1.52. The zero-order chi connectivity index (χ0) is 16.9. The summed E-state index contributed by atoms with van der Waals surface area (Å²) < 4.78 is 5.76. The van der Waals surface area contributed by atoms with Crippen LogP contribution in [0.1, 0.15) is 0 Å². The molecule has 3 aromatic rings. The Balaban J connectivity index is 1.75. The fraction of sp³-hybridized carbons (Fsp3) is 0.167. The SMILES string of the molecule is CN(CCOc1cccc2c(Sc3ccccc3)c[nH]c12)C(=O)O. The number of nitrogens with zero attached hydrogens (tertiary/aromatic N) is 1. The van der Waals surface area contributed by atoms with Crippen molar-refractivity contribution in [2.75, 3.05) is 20.2 Å². The molecule has 0 unspecified atom stereocenters. The monoisotopic (exact) mass is 342 g/mol. The molecule has 0 aliphatic rings. The highest BCUT2D eigenvalue weighted by atomic mass is 32.2. The van der Waals surface area contributed by atoms with Crippen LogP contribution in [0.15, 0.2) is 64.5 Å². The summed E-state index contributed by atoms with van der Waals surface area (Å²) in [5.41, 5.74) is 0.925. The highest BCUT2D eigenvalue weighted by Crippen LogP contribution is 2.36. The Morgan fingerprint density at radius 3 is 2.75 bits per heavy atom. The average molecular weight is 342 g/mol. The summed E-state index contributed by atoms with van der Waals surface area (Å²) in [4.78, 5) is 17.6. The minimum Gasteiger partial charge on any atom is -0.490 e. The van der Waals surface area contributed by atoms with Crippen LogP contribution in [0.3, 0.4) is 0 Å². The van der Waals surface area contributed by atoms with E-state index in [1.54, 1.807) is 11.8 Å². The van der Waals surface area contributed by atoms with Gasteiger partial charge in [-0.15, -0.1) is 0 Å². The zero-order valence-corrected chi connectivity index (χ0v) is 14.0. The fourth-order valence-corrected chi connectivity index (χ4v) is 3.25. The first-order valence-corrected chi connectivity index (χ1v) is 8.36. The van der Waals surface area contributed by atoms with Crippen LogP contribution in [0, 0.1) is 0 Å². The molecule has 0 aliphatic carbocycles. The number of aromatic nitrogens is 1. The van der Waals surface area contributed by atoms with Crippen LogP contribution >= 0.6 is 11.8 Å². The van der Waals surface area contributed by atoms with E-state index < -0.39 is 6.09 Å². The predicted octanol–water partition coefficient (Wildman–Crippen LogP) is 4.31. The third kappa shape index (κ3) is 3.65. The molecule has 0 aliphatic heterocycles. The van der Waals surface area contributed by atoms with Crippen LogP contribution in [0.25, 0.3) is 10.9 Å². The van der Waals surface area contributed by atoms with Gasteiger partial charge in [-0.05, 0) is 18.2 Å². The number of para-hydroxylation sites is 1. The third-order valence-electron chi connectivity index (χ3n) is 3.62. The molecule has 6 heteroatoms. The van der Waals surface area contributed by atoms with Crippen molar-refractivity contribution in [2.45, 2.75) is 9.79 Å². The van der Waals surface area contributed by atoms with Crippen molar-refractivity contribution < 1.29 is 14.6 Å². The van der Waals surface area contributed by atoms with Gasteiger partial charge in [-0.2, -0.15) is 0 Å². The lowest BCUT2D eigenvalue weighted by Crippen LogP contribution is -2.29. The van der Waals surface area contributed by atoms with Crippen molar-refractivity contribution in [2.24, 2.45) is 0 Å². The Hall–Kier alpha value is -2.60. The van der Waals surface area contributed by atoms with Gasteiger partial charge in [0.25, 0.3) is 0 Å². The number of hydrogen-bond donors (Lipinski definition) is 2. The van der Waals surface area contributed by atoms with Crippen LogP contribution in [0.4, 0.5) is 4.79 Å². The van der Waals surface area contributed by atoms with Crippen LogP contribution < -0.4 is 4.74 Å². The Bertz CT molecular complexity index is 833. The molecule has 1 amide bonds. The van der Waals surface area contributed by atoms with Crippen molar-refractivity contribution in [3.8, 4) is 5.75 Å². The first-order valence-electron chi connectivity index (χ1n) is 7.55. The van der Waals surface area contributed by atoms with Crippen molar-refractivity contribution in [1.82, 2.24) is 9.88 Å². The summed E-state index contributed by atoms with van der Waals surface area (Å²) in [6, 6.07) is 16.1. The van der Waals surface area contributed by atoms with Crippen LogP contribution in [-0.4, -0.2) is 41.3 Å². The molecule has 24 heavy (non-hydrogen) atoms. The molecule has 2 aromatic carbocycles. The van der Waals surface area contributed by atoms with Gasteiger partial charge in [0.1, 0.15) is 12.4 Å². The highest BCUT2D eigenvalue weighted by molar-refractivity contribution is 7.99. The molecule has 0 radical (unpaired) electrons. The van der Waals surface area contributed by atoms with Crippen LogP contribution in [0.5, 0.6) is 5.75 Å². The van der Waals surface area contributed by atoms with Crippen LogP contribution in [0.2, 0.25) is 0 Å². The van der Waals surface area contributed by atoms with Gasteiger partial charge in [-0.25, -0.2) is 4.79 Å². The molecule has 0 spiro atoms. The highest BCUT2D eigenvalue weighted by Gasteiger charge is 2.10. The lowest BCUT2D eigenvalue weighted by Gasteiger charge is -2.13. The number of aromatic amines is 1. The molecule has 0 fully saturated rings. The standard InChI is InChI=1S/C18H18N2O3S/c1-20(18(21)22)10-11-23-15-9-5-8-14-16(12-19-17(14)15)24-13-6-3-2-4-7-13/h2-9,12,19H,10-11H2,1H3,(H,21,22). The number of nitrogens with one attached hydrogen (secondary N) is 1. The summed E-state index contributed by atoms with van der Waals surface area (Å²) in [5, 5.41) is 9.95. The van der Waals surface area contributed by atoms with Gasteiger partial charge in [-0.1, -0.05) is 42.1 Å². The number of carboxylic acid groups (broad SMARTS) is 1. The number of hydrogen-bond acceptors (Lipinski definition) is 3. The van der Waals surface area contributed by atoms with Crippen molar-refractivity contribution in [1.29, 1.82) is 0 Å². The van der Waals surface area contributed by atoms with Gasteiger partial charge in [-0.3, -0.25) is 0 Å². The number of carbonyl (C=O) groups is 1. The van der Waals surface area contributed by atoms with Crippen LogP contribution in [-0.2, 0) is 0 Å². The van der Waals surface area contributed by atoms with E-state index in [9.17, 15) is 4.79 Å². The zero-order valence-electron chi connectivity index (χ0n) is 13.2. The number of fused-ring (bicyclic) bond motifs is 1. The van der Waals surface area contributed by atoms with E-state index in [2.05, 4.69) is 17.1 Å². The summed E-state index contributed by atoms with van der Waals surface area (Å²) in [5.74, 6) is 0.728. The van der Waals surface area contributed by atoms with Gasteiger partial charge < -0.3 is 19.7 Å². The first kappa shape index (κ1) is 16.3. The minimum absolute atomic E-state index is 0.308. The molecule has 5 nitrogen and oxygen atoms in total. The molecule has 0 saturated carbocycles. The lowest BCUT2D eigenvalue weighted by atomic mass is 10.2. The Morgan fingerprint density at radius 1 is 1.21 bits per heavy atom. The molecule has 0 bridgehead atoms. The second-order valence-electron chi connectivity index (χ2n) is 5.30. The van der Waals surface area contributed by atoms with E-state index in [1.165, 1.54) is 16.8 Å². The Morgan fingerprint density at radius 2 is 2.00 bits per heavy atom. The van der Waals surface area contributed by atoms with Gasteiger partial charge in [0.15, 0.2) is 0 Å². The topological polar surface area (TPSA) is 65.6 Å². The smallest absolute Gasteiger partial charge is 0.407 e. The molecule has 3 rings (SSSR count). The quantitative estimate of drug-likeness (QED) is 0.701. The maximum Gasteiger partial charge on any atom is 0.407 e. The first-order chi connectivity index (χ1) is 11.6. The van der Waals surface area contributed by atoms with Gasteiger partial charge in [0.05, 0.1) is 12.1 Å². The summed E-state index contributed by atoms with van der Waals surface area (Å²) in [6.45, 7) is 0.625. The minimum atomic E-state index is -0.960. The molecule has 1 aromatic heterocycles. The van der Waals surface area contributed by atoms with Gasteiger partial charge in [0.2, 0.25) is 0 Å². The van der Waals surface area contributed by atoms with Gasteiger partial charge >= 0.3 is 6.09 Å². The fourth-order valence-electron chi connectivity index (χ4n) is 2.31. The Labute approximate surface area is 144 Å².